The predicted octanol–water partition coefficient (Wildman–Crippen LogP) is 1.95. The van der Waals surface area contributed by atoms with Gasteiger partial charge in [0.05, 0.1) is 24.6 Å². The summed E-state index contributed by atoms with van der Waals surface area (Å²) in [6.45, 7) is 8.96. The molecule has 1 fully saturated rings. The lowest BCUT2D eigenvalue weighted by Crippen LogP contribution is -2.51. The first kappa shape index (κ1) is 24.7. The molecule has 1 aliphatic rings. The summed E-state index contributed by atoms with van der Waals surface area (Å²) in [5.74, 6) is 0.618. The molecule has 0 saturated carbocycles. The van der Waals surface area contributed by atoms with Crippen LogP contribution < -0.4 is 4.74 Å². The van der Waals surface area contributed by atoms with Gasteiger partial charge in [-0.1, -0.05) is 21.6 Å². The number of aliphatic hydroxyl groups excluding tert-OH is 3. The lowest BCUT2D eigenvalue weighted by atomic mass is 10.1. The second-order valence-electron chi connectivity index (χ2n) is 7.86. The maximum absolute atomic E-state index is 10.5. The molecule has 1 atom stereocenters. The Labute approximate surface area is 182 Å². The molecule has 2 heterocycles. The highest BCUT2D eigenvalue weighted by Crippen LogP contribution is 2.37. The first-order chi connectivity index (χ1) is 13.9. The third kappa shape index (κ3) is 8.61. The van der Waals surface area contributed by atoms with Gasteiger partial charge in [-0.15, -0.1) is 0 Å². The van der Waals surface area contributed by atoms with Crippen LogP contribution in [0.2, 0.25) is 0 Å². The highest BCUT2D eigenvalue weighted by atomic mass is 33.1. The molecule has 0 amide bonds. The van der Waals surface area contributed by atoms with Crippen LogP contribution in [0.4, 0.5) is 0 Å². The van der Waals surface area contributed by atoms with Gasteiger partial charge in [0.1, 0.15) is 18.6 Å². The second-order valence-corrected chi connectivity index (χ2v) is 11.0. The van der Waals surface area contributed by atoms with E-state index in [2.05, 4.69) is 34.9 Å². The molecule has 1 aromatic heterocycles. The average molecular weight is 446 g/mol. The molecule has 0 aliphatic carbocycles. The van der Waals surface area contributed by atoms with E-state index >= 15 is 0 Å². The van der Waals surface area contributed by atoms with E-state index in [1.54, 1.807) is 22.9 Å². The highest BCUT2D eigenvalue weighted by molar-refractivity contribution is 8.76. The van der Waals surface area contributed by atoms with Crippen LogP contribution in [-0.2, 0) is 13.2 Å². The predicted molar refractivity (Wildman–Crippen MR) is 120 cm³/mol. The summed E-state index contributed by atoms with van der Waals surface area (Å²) in [6, 6.07) is 3.40. The van der Waals surface area contributed by atoms with E-state index in [0.717, 1.165) is 45.6 Å². The molecule has 166 valence electrons. The normalized spacial score (nSPS) is 17.4. The van der Waals surface area contributed by atoms with Crippen LogP contribution in [0.25, 0.3) is 0 Å². The molecular weight excluding hydrogens is 410 g/mol. The monoisotopic (exact) mass is 445 g/mol. The summed E-state index contributed by atoms with van der Waals surface area (Å²) in [4.78, 5) is 8.61. The molecule has 29 heavy (non-hydrogen) atoms. The second kappa shape index (κ2) is 12.3. The van der Waals surface area contributed by atoms with Crippen LogP contribution in [0.3, 0.4) is 0 Å². The third-order valence-electron chi connectivity index (χ3n) is 5.05. The molecule has 9 heteroatoms. The maximum atomic E-state index is 10.5. The summed E-state index contributed by atoms with van der Waals surface area (Å²) < 4.78 is 5.97. The van der Waals surface area contributed by atoms with Crippen LogP contribution in [0, 0.1) is 0 Å². The van der Waals surface area contributed by atoms with Crippen LogP contribution >= 0.6 is 21.6 Å². The smallest absolute Gasteiger partial charge is 0.123 e. The topological polar surface area (TPSA) is 89.3 Å². The number of hydrogen-bond donors (Lipinski definition) is 3. The Morgan fingerprint density at radius 1 is 1.14 bits per heavy atom. The minimum Gasteiger partial charge on any atom is -0.492 e. The van der Waals surface area contributed by atoms with Gasteiger partial charge < -0.3 is 20.1 Å². The number of ether oxygens (including phenoxy) is 1. The molecule has 1 unspecified atom stereocenters. The molecule has 0 aromatic carbocycles. The summed E-state index contributed by atoms with van der Waals surface area (Å²) in [5.41, 5.74) is 0.988. The summed E-state index contributed by atoms with van der Waals surface area (Å²) >= 11 is 0. The van der Waals surface area contributed by atoms with Gasteiger partial charge in [-0.25, -0.2) is 0 Å². The van der Waals surface area contributed by atoms with E-state index in [9.17, 15) is 15.3 Å². The molecular formula is C20H35N3O4S2. The van der Waals surface area contributed by atoms with Crippen molar-refractivity contribution in [2.75, 3.05) is 45.6 Å². The molecule has 7 nitrogen and oxygen atoms in total. The van der Waals surface area contributed by atoms with Crippen molar-refractivity contribution in [2.24, 2.45) is 0 Å². The highest BCUT2D eigenvalue weighted by Gasteiger charge is 2.25. The molecule has 0 radical (unpaired) electrons. The number of hydrogen-bond acceptors (Lipinski definition) is 9. The Morgan fingerprint density at radius 2 is 1.76 bits per heavy atom. The fraction of sp³-hybridized carbons (Fsp3) is 0.750. The molecule has 1 aliphatic heterocycles. The minimum atomic E-state index is -0.374. The van der Waals surface area contributed by atoms with Gasteiger partial charge >= 0.3 is 0 Å². The van der Waals surface area contributed by atoms with Crippen LogP contribution in [0.1, 0.15) is 38.1 Å². The quantitative estimate of drug-likeness (QED) is 0.418. The van der Waals surface area contributed by atoms with E-state index in [4.69, 9.17) is 4.74 Å². The molecule has 0 bridgehead atoms. The molecule has 3 N–H and O–H groups in total. The molecule has 1 saturated heterocycles. The number of nitrogens with zero attached hydrogens (tertiary/aromatic N) is 3. The SMILES string of the molecule is CSSC(C)(C)CCC(O)N1CCN(CCOc2cc(CO)nc(CO)c2)CC1. The van der Waals surface area contributed by atoms with Gasteiger partial charge in [-0.3, -0.25) is 14.8 Å². The van der Waals surface area contributed by atoms with Crippen molar-refractivity contribution in [3.05, 3.63) is 23.5 Å². The Kier molecular flexibility index (Phi) is 10.5. The minimum absolute atomic E-state index is 0.179. The summed E-state index contributed by atoms with van der Waals surface area (Å²) in [5, 5.41) is 29.0. The van der Waals surface area contributed by atoms with Crippen molar-refractivity contribution in [3.63, 3.8) is 0 Å². The fourth-order valence-corrected chi connectivity index (χ4v) is 5.62. The van der Waals surface area contributed by atoms with Gasteiger partial charge in [0.25, 0.3) is 0 Å². The zero-order chi connectivity index (χ0) is 21.3. The maximum Gasteiger partial charge on any atom is 0.123 e. The van der Waals surface area contributed by atoms with Crippen molar-refractivity contribution in [2.45, 2.75) is 50.9 Å². The summed E-state index contributed by atoms with van der Waals surface area (Å²) in [6.07, 6.45) is 3.51. The Morgan fingerprint density at radius 3 is 2.31 bits per heavy atom. The number of rotatable bonds is 12. The molecule has 0 spiro atoms. The summed E-state index contributed by atoms with van der Waals surface area (Å²) in [7, 11) is 3.65. The van der Waals surface area contributed by atoms with Gasteiger partial charge in [0.15, 0.2) is 0 Å². The van der Waals surface area contributed by atoms with E-state index in [0.29, 0.717) is 23.7 Å². The zero-order valence-corrected chi connectivity index (χ0v) is 19.3. The fourth-order valence-electron chi connectivity index (χ4n) is 3.37. The van der Waals surface area contributed by atoms with E-state index in [-0.39, 0.29) is 24.2 Å². The van der Waals surface area contributed by atoms with Crippen molar-refractivity contribution < 1.29 is 20.1 Å². The van der Waals surface area contributed by atoms with Crippen molar-refractivity contribution in [3.8, 4) is 5.75 Å². The third-order valence-corrected chi connectivity index (χ3v) is 7.72. The molecule has 1 aromatic rings. The standard InChI is InChI=1S/C20H35N3O4S2/c1-20(2,29-28-3)5-4-19(26)23-8-6-22(7-9-23)10-11-27-18-12-16(14-24)21-17(13-18)15-25/h12-13,19,24-26H,4-11,14-15H2,1-3H3. The average Bonchev–Trinajstić information content (AvgIpc) is 2.72. The number of aliphatic hydroxyl groups is 3. The number of aromatic nitrogens is 1. The van der Waals surface area contributed by atoms with E-state index < -0.39 is 0 Å². The lowest BCUT2D eigenvalue weighted by Gasteiger charge is -2.38. The van der Waals surface area contributed by atoms with Gasteiger partial charge in [-0.05, 0) is 32.9 Å². The molecule has 2 rings (SSSR count). The lowest BCUT2D eigenvalue weighted by molar-refractivity contribution is -0.0328. The number of piperazine rings is 1. The largest absolute Gasteiger partial charge is 0.492 e. The van der Waals surface area contributed by atoms with E-state index in [1.807, 2.05) is 10.8 Å². The van der Waals surface area contributed by atoms with Crippen LogP contribution in [0.5, 0.6) is 5.75 Å². The Hall–Kier alpha value is -0.550. The first-order valence-corrected chi connectivity index (χ1v) is 12.6. The first-order valence-electron chi connectivity index (χ1n) is 10.1. The van der Waals surface area contributed by atoms with Gasteiger partial charge in [0, 0.05) is 49.6 Å². The van der Waals surface area contributed by atoms with Gasteiger partial charge in [-0.2, -0.15) is 0 Å². The van der Waals surface area contributed by atoms with Crippen LogP contribution in [-0.4, -0.2) is 86.7 Å². The van der Waals surface area contributed by atoms with Crippen LogP contribution in [0.15, 0.2) is 12.1 Å². The van der Waals surface area contributed by atoms with E-state index in [1.165, 1.54) is 0 Å². The van der Waals surface area contributed by atoms with Crippen molar-refractivity contribution in [1.82, 2.24) is 14.8 Å². The van der Waals surface area contributed by atoms with Crippen molar-refractivity contribution >= 4 is 21.6 Å². The Bertz CT molecular complexity index is 591. The van der Waals surface area contributed by atoms with Gasteiger partial charge in [0.2, 0.25) is 0 Å². The zero-order valence-electron chi connectivity index (χ0n) is 17.7. The Balaban J connectivity index is 1.69. The number of pyridine rings is 1. The van der Waals surface area contributed by atoms with Crippen molar-refractivity contribution in [1.29, 1.82) is 0 Å².